The molecule has 4 aromatic rings. The molecular weight excluding hydrogens is 466 g/mol. The zero-order valence-electron chi connectivity index (χ0n) is 20.7. The molecule has 0 saturated heterocycles. The van der Waals surface area contributed by atoms with Crippen LogP contribution in [0, 0.1) is 6.92 Å². The first-order valence-electron chi connectivity index (χ1n) is 12.3. The van der Waals surface area contributed by atoms with Crippen molar-refractivity contribution in [1.29, 1.82) is 0 Å². The van der Waals surface area contributed by atoms with Crippen molar-refractivity contribution in [3.05, 3.63) is 131 Å². The quantitative estimate of drug-likeness (QED) is 0.253. The summed E-state index contributed by atoms with van der Waals surface area (Å²) in [6, 6.07) is 32.6. The van der Waals surface area contributed by atoms with Gasteiger partial charge < -0.3 is 0 Å². The third-order valence-electron chi connectivity index (χ3n) is 6.26. The van der Waals surface area contributed by atoms with Crippen LogP contribution in [0.1, 0.15) is 47.9 Å². The summed E-state index contributed by atoms with van der Waals surface area (Å²) < 4.78 is 29.0. The normalized spacial score (nSPS) is 11.4. The van der Waals surface area contributed by atoms with Gasteiger partial charge in [0.1, 0.15) is 0 Å². The molecule has 0 N–H and O–H groups in total. The van der Waals surface area contributed by atoms with Crippen LogP contribution in [0.4, 0.5) is 5.69 Å². The summed E-state index contributed by atoms with van der Waals surface area (Å²) in [5.74, 6) is -1.30. The number of rotatable bonds is 9. The lowest BCUT2D eigenvalue weighted by Gasteiger charge is -2.28. The highest BCUT2D eigenvalue weighted by Gasteiger charge is 2.37. The van der Waals surface area contributed by atoms with E-state index in [1.165, 1.54) is 0 Å². The van der Waals surface area contributed by atoms with E-state index < -0.39 is 21.8 Å². The molecule has 0 heterocycles. The molecule has 0 aliphatic rings. The molecule has 36 heavy (non-hydrogen) atoms. The van der Waals surface area contributed by atoms with Crippen LogP contribution >= 0.6 is 0 Å². The maximum absolute atomic E-state index is 14.3. The number of hydrogen-bond acceptors (Lipinski definition) is 3. The summed E-state index contributed by atoms with van der Waals surface area (Å²) in [5, 5.41) is 0. The summed E-state index contributed by atoms with van der Waals surface area (Å²) in [5.41, 5.74) is 3.86. The Bertz CT molecular complexity index is 1340. The van der Waals surface area contributed by atoms with E-state index in [0.29, 0.717) is 5.69 Å². The van der Waals surface area contributed by atoms with Crippen molar-refractivity contribution < 1.29 is 13.2 Å². The molecule has 0 atom stereocenters. The Morgan fingerprint density at radius 1 is 0.750 bits per heavy atom. The second kappa shape index (κ2) is 11.4. The number of unbranched alkanes of at least 4 members (excludes halogenated alkanes) is 1. The van der Waals surface area contributed by atoms with Gasteiger partial charge in [0.05, 0.1) is 16.5 Å². The molecular formula is C31H31NO3S. The Morgan fingerprint density at radius 3 is 1.78 bits per heavy atom. The Labute approximate surface area is 214 Å². The van der Waals surface area contributed by atoms with Gasteiger partial charge in [-0.15, -0.1) is 0 Å². The van der Waals surface area contributed by atoms with Crippen LogP contribution in [0.3, 0.4) is 0 Å². The summed E-state index contributed by atoms with van der Waals surface area (Å²) in [4.78, 5) is 14.4. The topological polar surface area (TPSA) is 54.5 Å². The van der Waals surface area contributed by atoms with Crippen LogP contribution in [0.25, 0.3) is 0 Å². The minimum absolute atomic E-state index is 0.0800. The molecule has 0 aromatic heterocycles. The number of benzene rings is 4. The van der Waals surface area contributed by atoms with E-state index in [1.54, 1.807) is 36.4 Å². The Hall–Kier alpha value is -3.70. The third kappa shape index (κ3) is 5.58. The van der Waals surface area contributed by atoms with E-state index in [1.807, 2.05) is 79.7 Å². The first kappa shape index (κ1) is 25.4. The van der Waals surface area contributed by atoms with Crippen molar-refractivity contribution >= 4 is 21.6 Å². The summed E-state index contributed by atoms with van der Waals surface area (Å²) in [6.07, 6.45) is 3.03. The maximum atomic E-state index is 14.3. The maximum Gasteiger partial charge on any atom is 0.270 e. The molecule has 1 amide bonds. The number of anilines is 1. The lowest BCUT2D eigenvalue weighted by molar-refractivity contribution is -0.118. The smallest absolute Gasteiger partial charge is 0.270 e. The van der Waals surface area contributed by atoms with E-state index in [-0.39, 0.29) is 4.90 Å². The summed E-state index contributed by atoms with van der Waals surface area (Å²) >= 11 is 0. The molecule has 0 radical (unpaired) electrons. The standard InChI is InChI=1S/C31H31NO3S/c1-3-4-11-25-18-20-28(21-19-25)32(36(34,35)29-22-16-24(2)17-23-29)31(33)30(26-12-7-5-8-13-26)27-14-9-6-10-15-27/h5-10,12-23,30H,3-4,11H2,1-2H3. The van der Waals surface area contributed by atoms with Gasteiger partial charge in [-0.2, -0.15) is 0 Å². The van der Waals surface area contributed by atoms with Gasteiger partial charge in [-0.25, -0.2) is 12.7 Å². The predicted molar refractivity (Wildman–Crippen MR) is 146 cm³/mol. The van der Waals surface area contributed by atoms with Crippen molar-refractivity contribution in [3.63, 3.8) is 0 Å². The van der Waals surface area contributed by atoms with Gasteiger partial charge >= 0.3 is 0 Å². The average molecular weight is 498 g/mol. The lowest BCUT2D eigenvalue weighted by atomic mass is 9.90. The number of sulfonamides is 1. The van der Waals surface area contributed by atoms with Crippen molar-refractivity contribution in [2.45, 2.75) is 43.9 Å². The molecule has 0 aliphatic heterocycles. The van der Waals surface area contributed by atoms with Crippen molar-refractivity contribution in [2.75, 3.05) is 4.31 Å². The fourth-order valence-electron chi connectivity index (χ4n) is 4.26. The van der Waals surface area contributed by atoms with Crippen LogP contribution in [-0.4, -0.2) is 14.3 Å². The molecule has 0 bridgehead atoms. The molecule has 0 unspecified atom stereocenters. The molecule has 184 valence electrons. The van der Waals surface area contributed by atoms with Crippen molar-refractivity contribution in [1.82, 2.24) is 0 Å². The molecule has 0 spiro atoms. The van der Waals surface area contributed by atoms with E-state index in [0.717, 1.165) is 45.8 Å². The van der Waals surface area contributed by atoms with E-state index in [9.17, 15) is 13.2 Å². The Balaban J connectivity index is 1.86. The first-order chi connectivity index (χ1) is 17.4. The zero-order chi connectivity index (χ0) is 25.5. The van der Waals surface area contributed by atoms with Crippen LogP contribution in [0.15, 0.2) is 114 Å². The third-order valence-corrected chi connectivity index (χ3v) is 8.00. The molecule has 0 saturated carbocycles. The average Bonchev–Trinajstić information content (AvgIpc) is 2.90. The molecule has 0 aliphatic carbocycles. The second-order valence-corrected chi connectivity index (χ2v) is 10.7. The minimum Gasteiger partial charge on any atom is -0.272 e. The fourth-order valence-corrected chi connectivity index (χ4v) is 5.70. The SMILES string of the molecule is CCCCc1ccc(N(C(=O)C(c2ccccc2)c2ccccc2)S(=O)(=O)c2ccc(C)cc2)cc1. The second-order valence-electron chi connectivity index (χ2n) is 8.95. The monoisotopic (exact) mass is 497 g/mol. The Kier molecular flexibility index (Phi) is 8.01. The summed E-state index contributed by atoms with van der Waals surface area (Å²) in [6.45, 7) is 4.03. The minimum atomic E-state index is -4.18. The van der Waals surface area contributed by atoms with Crippen LogP contribution in [-0.2, 0) is 21.2 Å². The lowest BCUT2D eigenvalue weighted by Crippen LogP contribution is -2.40. The van der Waals surface area contributed by atoms with Gasteiger partial charge in [0.25, 0.3) is 15.9 Å². The highest BCUT2D eigenvalue weighted by Crippen LogP contribution is 2.33. The van der Waals surface area contributed by atoms with Crippen LogP contribution in [0.5, 0.6) is 0 Å². The van der Waals surface area contributed by atoms with Gasteiger partial charge in [0, 0.05) is 0 Å². The molecule has 4 rings (SSSR count). The van der Waals surface area contributed by atoms with Gasteiger partial charge in [0.2, 0.25) is 0 Å². The van der Waals surface area contributed by atoms with E-state index in [4.69, 9.17) is 0 Å². The molecule has 4 nitrogen and oxygen atoms in total. The largest absolute Gasteiger partial charge is 0.272 e. The predicted octanol–water partition coefficient (Wildman–Crippen LogP) is 6.89. The van der Waals surface area contributed by atoms with Gasteiger partial charge in [0.15, 0.2) is 0 Å². The number of hydrogen-bond donors (Lipinski definition) is 0. The number of carbonyl (C=O) groups excluding carboxylic acids is 1. The van der Waals surface area contributed by atoms with Crippen LogP contribution < -0.4 is 4.31 Å². The highest BCUT2D eigenvalue weighted by atomic mass is 32.2. The van der Waals surface area contributed by atoms with Gasteiger partial charge in [-0.1, -0.05) is 104 Å². The highest BCUT2D eigenvalue weighted by molar-refractivity contribution is 7.93. The first-order valence-corrected chi connectivity index (χ1v) is 13.7. The van der Waals surface area contributed by atoms with E-state index >= 15 is 0 Å². The number of carbonyl (C=O) groups is 1. The summed E-state index contributed by atoms with van der Waals surface area (Å²) in [7, 11) is -4.18. The zero-order valence-corrected chi connectivity index (χ0v) is 21.5. The number of aryl methyl sites for hydroxylation is 2. The number of nitrogens with zero attached hydrogens (tertiary/aromatic N) is 1. The van der Waals surface area contributed by atoms with Crippen molar-refractivity contribution in [3.8, 4) is 0 Å². The molecule has 4 aromatic carbocycles. The van der Waals surface area contributed by atoms with Gasteiger partial charge in [-0.3, -0.25) is 4.79 Å². The van der Waals surface area contributed by atoms with E-state index in [2.05, 4.69) is 6.92 Å². The fraction of sp³-hybridized carbons (Fsp3) is 0.194. The molecule has 5 heteroatoms. The van der Waals surface area contributed by atoms with Gasteiger partial charge in [-0.05, 0) is 60.7 Å². The Morgan fingerprint density at radius 2 is 1.28 bits per heavy atom. The number of amides is 1. The van der Waals surface area contributed by atoms with Crippen molar-refractivity contribution in [2.24, 2.45) is 0 Å². The van der Waals surface area contributed by atoms with Crippen LogP contribution in [0.2, 0.25) is 0 Å². The molecule has 0 fully saturated rings.